The van der Waals surface area contributed by atoms with Crippen LogP contribution in [-0.2, 0) is 13.1 Å². The number of carbonyl (C=O) groups is 2. The summed E-state index contributed by atoms with van der Waals surface area (Å²) < 4.78 is 12.9. The Morgan fingerprint density at radius 2 is 1.48 bits per heavy atom. The molecule has 3 rings (SSSR count). The number of nitrogens with zero attached hydrogens (tertiary/aromatic N) is 1. The second-order valence-electron chi connectivity index (χ2n) is 7.44. The number of halogens is 1. The van der Waals surface area contributed by atoms with Gasteiger partial charge in [-0.25, -0.2) is 9.18 Å². The van der Waals surface area contributed by atoms with Crippen LogP contribution in [0.5, 0.6) is 0 Å². The van der Waals surface area contributed by atoms with E-state index in [9.17, 15) is 14.0 Å². The zero-order valence-corrected chi connectivity index (χ0v) is 17.5. The Labute approximate surface area is 180 Å². The Morgan fingerprint density at radius 3 is 2.06 bits per heavy atom. The highest BCUT2D eigenvalue weighted by molar-refractivity contribution is 5.93. The number of hydrogen-bond donors (Lipinski definition) is 3. The van der Waals surface area contributed by atoms with Gasteiger partial charge in [0.25, 0.3) is 5.91 Å². The summed E-state index contributed by atoms with van der Waals surface area (Å²) in [7, 11) is 0. The zero-order valence-electron chi connectivity index (χ0n) is 17.5. The third-order valence-electron chi connectivity index (χ3n) is 4.67. The van der Waals surface area contributed by atoms with Crippen molar-refractivity contribution < 1.29 is 14.0 Å². The summed E-state index contributed by atoms with van der Waals surface area (Å²) in [6.45, 7) is 4.76. The lowest BCUT2D eigenvalue weighted by atomic mass is 10.1. The topological polar surface area (TPSA) is 83.1 Å². The average Bonchev–Trinajstić information content (AvgIpc) is 2.78. The lowest BCUT2D eigenvalue weighted by molar-refractivity contribution is 0.0950. The maximum absolute atomic E-state index is 12.9. The molecule has 0 saturated heterocycles. The van der Waals surface area contributed by atoms with Crippen LogP contribution >= 0.6 is 0 Å². The molecule has 7 heteroatoms. The van der Waals surface area contributed by atoms with Crippen LogP contribution in [0.3, 0.4) is 0 Å². The number of carbonyl (C=O) groups excluding carboxylic acids is 2. The first-order valence-corrected chi connectivity index (χ1v) is 10.0. The van der Waals surface area contributed by atoms with Crippen LogP contribution in [0.25, 0.3) is 0 Å². The molecule has 3 aromatic rings. The molecule has 0 bridgehead atoms. The maximum Gasteiger partial charge on any atom is 0.319 e. The number of benzene rings is 2. The fourth-order valence-electron chi connectivity index (χ4n) is 2.83. The van der Waals surface area contributed by atoms with Gasteiger partial charge >= 0.3 is 6.03 Å². The number of hydrogen-bond acceptors (Lipinski definition) is 3. The minimum Gasteiger partial charge on any atom is -0.348 e. The van der Waals surface area contributed by atoms with Crippen molar-refractivity contribution in [3.8, 4) is 0 Å². The van der Waals surface area contributed by atoms with E-state index in [1.807, 2.05) is 18.2 Å². The molecule has 3 amide bonds. The minimum atomic E-state index is -0.359. The van der Waals surface area contributed by atoms with E-state index in [1.165, 1.54) is 12.1 Å². The van der Waals surface area contributed by atoms with E-state index in [2.05, 4.69) is 34.8 Å². The van der Waals surface area contributed by atoms with Crippen molar-refractivity contribution in [1.29, 1.82) is 0 Å². The van der Waals surface area contributed by atoms with Crippen molar-refractivity contribution in [3.63, 3.8) is 0 Å². The number of anilines is 1. The van der Waals surface area contributed by atoms with E-state index in [0.29, 0.717) is 30.3 Å². The van der Waals surface area contributed by atoms with Gasteiger partial charge in [0, 0.05) is 30.7 Å². The fraction of sp³-hybridized carbons (Fsp3) is 0.208. The maximum atomic E-state index is 12.9. The molecule has 0 aliphatic rings. The standard InChI is InChI=1S/C24H25FN4O2/c1-16(2)22-12-7-19(15-26-22)23(30)27-13-18-5-10-21(11-6-18)29-24(31)28-14-17-3-8-20(25)9-4-17/h3-12,15-16H,13-14H2,1-2H3,(H,27,30)(H2,28,29,31). The summed E-state index contributed by atoms with van der Waals surface area (Å²) in [5, 5.41) is 8.31. The Bertz CT molecular complexity index is 1020. The van der Waals surface area contributed by atoms with Crippen molar-refractivity contribution in [2.75, 3.05) is 5.32 Å². The van der Waals surface area contributed by atoms with E-state index in [0.717, 1.165) is 16.8 Å². The molecule has 6 nitrogen and oxygen atoms in total. The zero-order chi connectivity index (χ0) is 22.2. The number of pyridine rings is 1. The predicted octanol–water partition coefficient (Wildman–Crippen LogP) is 4.60. The molecule has 160 valence electrons. The highest BCUT2D eigenvalue weighted by Crippen LogP contribution is 2.12. The van der Waals surface area contributed by atoms with Gasteiger partial charge in [0.15, 0.2) is 0 Å². The number of amides is 3. The Hall–Kier alpha value is -3.74. The van der Waals surface area contributed by atoms with Crippen LogP contribution in [0, 0.1) is 5.82 Å². The smallest absolute Gasteiger partial charge is 0.319 e. The van der Waals surface area contributed by atoms with Crippen molar-refractivity contribution in [3.05, 3.63) is 95.1 Å². The SMILES string of the molecule is CC(C)c1ccc(C(=O)NCc2ccc(NC(=O)NCc3ccc(F)cc3)cc2)cn1. The van der Waals surface area contributed by atoms with Gasteiger partial charge in [-0.1, -0.05) is 38.1 Å². The highest BCUT2D eigenvalue weighted by Gasteiger charge is 2.08. The molecule has 0 spiro atoms. The molecule has 0 radical (unpaired) electrons. The third-order valence-corrected chi connectivity index (χ3v) is 4.67. The summed E-state index contributed by atoms with van der Waals surface area (Å²) in [6, 6.07) is 16.4. The molecule has 0 aliphatic carbocycles. The van der Waals surface area contributed by atoms with E-state index in [1.54, 1.807) is 36.5 Å². The first kappa shape index (κ1) is 22.0. The summed E-state index contributed by atoms with van der Waals surface area (Å²) in [5.41, 5.74) is 3.79. The van der Waals surface area contributed by atoms with Crippen molar-refractivity contribution in [1.82, 2.24) is 15.6 Å². The van der Waals surface area contributed by atoms with Crippen LogP contribution in [0.15, 0.2) is 66.9 Å². The van der Waals surface area contributed by atoms with Crippen molar-refractivity contribution in [2.24, 2.45) is 0 Å². The molecular formula is C24H25FN4O2. The van der Waals surface area contributed by atoms with Crippen LogP contribution in [0.1, 0.15) is 46.9 Å². The monoisotopic (exact) mass is 420 g/mol. The third kappa shape index (κ3) is 6.64. The van der Waals surface area contributed by atoms with Gasteiger partial charge in [-0.05, 0) is 53.4 Å². The first-order chi connectivity index (χ1) is 14.9. The normalized spacial score (nSPS) is 10.6. The molecule has 31 heavy (non-hydrogen) atoms. The molecule has 3 N–H and O–H groups in total. The van der Waals surface area contributed by atoms with Crippen LogP contribution in [0.2, 0.25) is 0 Å². The van der Waals surface area contributed by atoms with E-state index in [-0.39, 0.29) is 17.8 Å². The predicted molar refractivity (Wildman–Crippen MR) is 118 cm³/mol. The number of urea groups is 1. The minimum absolute atomic E-state index is 0.190. The fourth-order valence-corrected chi connectivity index (χ4v) is 2.83. The summed E-state index contributed by atoms with van der Waals surface area (Å²) in [6.07, 6.45) is 1.59. The van der Waals surface area contributed by atoms with E-state index < -0.39 is 0 Å². The van der Waals surface area contributed by atoms with E-state index >= 15 is 0 Å². The van der Waals surface area contributed by atoms with Gasteiger partial charge < -0.3 is 16.0 Å². The Morgan fingerprint density at radius 1 is 0.871 bits per heavy atom. The van der Waals surface area contributed by atoms with Gasteiger partial charge in [-0.3, -0.25) is 9.78 Å². The van der Waals surface area contributed by atoms with Gasteiger partial charge in [-0.15, -0.1) is 0 Å². The van der Waals surface area contributed by atoms with Crippen LogP contribution in [-0.4, -0.2) is 16.9 Å². The highest BCUT2D eigenvalue weighted by atomic mass is 19.1. The molecule has 0 unspecified atom stereocenters. The lowest BCUT2D eigenvalue weighted by Gasteiger charge is -2.10. The van der Waals surface area contributed by atoms with Gasteiger partial charge in [0.2, 0.25) is 0 Å². The molecule has 0 aliphatic heterocycles. The summed E-state index contributed by atoms with van der Waals surface area (Å²) in [5.74, 6) is -0.190. The largest absolute Gasteiger partial charge is 0.348 e. The Kier molecular flexibility index (Phi) is 7.32. The van der Waals surface area contributed by atoms with Gasteiger partial charge in [0.05, 0.1) is 5.56 Å². The molecule has 2 aromatic carbocycles. The second kappa shape index (κ2) is 10.3. The second-order valence-corrected chi connectivity index (χ2v) is 7.44. The van der Waals surface area contributed by atoms with Gasteiger partial charge in [0.1, 0.15) is 5.82 Å². The van der Waals surface area contributed by atoms with Crippen molar-refractivity contribution >= 4 is 17.6 Å². The first-order valence-electron chi connectivity index (χ1n) is 10.0. The van der Waals surface area contributed by atoms with Gasteiger partial charge in [-0.2, -0.15) is 0 Å². The molecule has 0 fully saturated rings. The lowest BCUT2D eigenvalue weighted by Crippen LogP contribution is -2.28. The quantitative estimate of drug-likeness (QED) is 0.523. The number of aromatic nitrogens is 1. The molecule has 0 atom stereocenters. The number of nitrogens with one attached hydrogen (secondary N) is 3. The summed E-state index contributed by atoms with van der Waals surface area (Å²) in [4.78, 5) is 28.6. The van der Waals surface area contributed by atoms with Crippen LogP contribution < -0.4 is 16.0 Å². The molecule has 1 heterocycles. The Balaban J connectivity index is 1.45. The summed E-state index contributed by atoms with van der Waals surface area (Å²) >= 11 is 0. The molecular weight excluding hydrogens is 395 g/mol. The van der Waals surface area contributed by atoms with Crippen molar-refractivity contribution in [2.45, 2.75) is 32.9 Å². The van der Waals surface area contributed by atoms with E-state index in [4.69, 9.17) is 0 Å². The number of rotatable bonds is 7. The molecule has 0 saturated carbocycles. The average molecular weight is 420 g/mol. The van der Waals surface area contributed by atoms with Crippen LogP contribution in [0.4, 0.5) is 14.9 Å². The molecule has 1 aromatic heterocycles.